The second-order valence-corrected chi connectivity index (χ2v) is 5.38. The van der Waals surface area contributed by atoms with Crippen molar-refractivity contribution in [1.82, 2.24) is 10.3 Å². The van der Waals surface area contributed by atoms with Crippen LogP contribution >= 0.6 is 0 Å². The first-order valence-electron chi connectivity index (χ1n) is 7.67. The first-order valence-corrected chi connectivity index (χ1v) is 7.67. The summed E-state index contributed by atoms with van der Waals surface area (Å²) < 4.78 is 5.23. The fourth-order valence-corrected chi connectivity index (χ4v) is 2.40. The minimum Gasteiger partial charge on any atom is -0.497 e. The Hall–Kier alpha value is -3.14. The molecule has 0 atom stereocenters. The van der Waals surface area contributed by atoms with Gasteiger partial charge in [0.15, 0.2) is 0 Å². The molecule has 0 aliphatic rings. The van der Waals surface area contributed by atoms with Gasteiger partial charge in [-0.3, -0.25) is 9.78 Å². The Bertz CT molecular complexity index is 873. The van der Waals surface area contributed by atoms with Gasteiger partial charge in [0, 0.05) is 25.0 Å². The molecule has 1 aromatic heterocycles. The molecule has 3 rings (SSSR count). The number of amides is 1. The minimum absolute atomic E-state index is 0.131. The number of methoxy groups -OCH3 is 1. The van der Waals surface area contributed by atoms with Crippen molar-refractivity contribution >= 4 is 22.8 Å². The number of carbonyl (C=O) groups is 1. The van der Waals surface area contributed by atoms with Crippen molar-refractivity contribution in [3.63, 3.8) is 0 Å². The highest BCUT2D eigenvalue weighted by molar-refractivity contribution is 5.91. The van der Waals surface area contributed by atoms with Crippen LogP contribution in [0.1, 0.15) is 11.1 Å². The number of rotatable bonds is 5. The number of fused-ring (bicyclic) bond motifs is 1. The lowest BCUT2D eigenvalue weighted by Gasteiger charge is -2.06. The summed E-state index contributed by atoms with van der Waals surface area (Å²) >= 11 is 0. The van der Waals surface area contributed by atoms with E-state index in [2.05, 4.69) is 16.4 Å². The van der Waals surface area contributed by atoms with Gasteiger partial charge in [0.2, 0.25) is 5.91 Å². The molecule has 1 heterocycles. The standard InChI is InChI=1S/C20H18N2O2/c1-24-19-8-7-17-11-16(4-6-18(17)12-19)14-22-20(23)9-5-15-3-2-10-21-13-15/h2-13H,14H2,1H3,(H,22,23)/b9-5+. The summed E-state index contributed by atoms with van der Waals surface area (Å²) in [7, 11) is 1.66. The van der Waals surface area contributed by atoms with E-state index in [9.17, 15) is 4.79 Å². The molecule has 0 aliphatic heterocycles. The maximum Gasteiger partial charge on any atom is 0.244 e. The average Bonchev–Trinajstić information content (AvgIpc) is 2.65. The van der Waals surface area contributed by atoms with E-state index < -0.39 is 0 Å². The number of nitrogens with one attached hydrogen (secondary N) is 1. The molecule has 3 aromatic rings. The zero-order valence-corrected chi connectivity index (χ0v) is 13.4. The number of nitrogens with zero attached hydrogens (tertiary/aromatic N) is 1. The highest BCUT2D eigenvalue weighted by atomic mass is 16.5. The number of ether oxygens (including phenoxy) is 1. The molecule has 4 heteroatoms. The lowest BCUT2D eigenvalue weighted by Crippen LogP contribution is -2.20. The number of pyridine rings is 1. The fraction of sp³-hybridized carbons (Fsp3) is 0.100. The van der Waals surface area contributed by atoms with Gasteiger partial charge < -0.3 is 10.1 Å². The van der Waals surface area contributed by atoms with E-state index in [0.717, 1.165) is 27.6 Å². The van der Waals surface area contributed by atoms with Crippen LogP contribution in [-0.2, 0) is 11.3 Å². The van der Waals surface area contributed by atoms with E-state index in [-0.39, 0.29) is 5.91 Å². The van der Waals surface area contributed by atoms with Crippen LogP contribution in [0.5, 0.6) is 5.75 Å². The summed E-state index contributed by atoms with van der Waals surface area (Å²) in [6.07, 6.45) is 6.67. The molecule has 4 nitrogen and oxygen atoms in total. The maximum atomic E-state index is 11.9. The molecule has 0 radical (unpaired) electrons. The zero-order chi connectivity index (χ0) is 16.8. The van der Waals surface area contributed by atoms with Gasteiger partial charge in [0.25, 0.3) is 0 Å². The molecule has 1 amide bonds. The van der Waals surface area contributed by atoms with Crippen LogP contribution in [0.3, 0.4) is 0 Å². The van der Waals surface area contributed by atoms with Gasteiger partial charge in [0.05, 0.1) is 7.11 Å². The Morgan fingerprint density at radius 1 is 1.17 bits per heavy atom. The molecule has 0 bridgehead atoms. The fourth-order valence-electron chi connectivity index (χ4n) is 2.40. The molecular formula is C20H18N2O2. The molecule has 0 saturated heterocycles. The van der Waals surface area contributed by atoms with Crippen LogP contribution in [0.4, 0.5) is 0 Å². The maximum absolute atomic E-state index is 11.9. The molecule has 0 spiro atoms. The van der Waals surface area contributed by atoms with Gasteiger partial charge >= 0.3 is 0 Å². The number of hydrogen-bond donors (Lipinski definition) is 1. The Morgan fingerprint density at radius 2 is 2.00 bits per heavy atom. The number of aromatic nitrogens is 1. The second kappa shape index (κ2) is 7.42. The summed E-state index contributed by atoms with van der Waals surface area (Å²) in [6, 6.07) is 15.8. The molecule has 0 unspecified atom stereocenters. The normalized spacial score (nSPS) is 10.9. The van der Waals surface area contributed by atoms with E-state index in [1.54, 1.807) is 25.6 Å². The third-order valence-corrected chi connectivity index (χ3v) is 3.69. The predicted molar refractivity (Wildman–Crippen MR) is 95.6 cm³/mol. The van der Waals surface area contributed by atoms with Crippen LogP contribution in [0.15, 0.2) is 67.0 Å². The molecule has 1 N–H and O–H groups in total. The lowest BCUT2D eigenvalue weighted by atomic mass is 10.1. The van der Waals surface area contributed by atoms with Crippen molar-refractivity contribution in [2.75, 3.05) is 7.11 Å². The Labute approximate surface area is 140 Å². The lowest BCUT2D eigenvalue weighted by molar-refractivity contribution is -0.116. The zero-order valence-electron chi connectivity index (χ0n) is 13.4. The van der Waals surface area contributed by atoms with Crippen molar-refractivity contribution in [1.29, 1.82) is 0 Å². The second-order valence-electron chi connectivity index (χ2n) is 5.38. The highest BCUT2D eigenvalue weighted by Crippen LogP contribution is 2.21. The Balaban J connectivity index is 1.62. The number of carbonyl (C=O) groups excluding carboxylic acids is 1. The first kappa shape index (κ1) is 15.7. The van der Waals surface area contributed by atoms with Gasteiger partial charge in [-0.05, 0) is 52.2 Å². The van der Waals surface area contributed by atoms with Gasteiger partial charge in [-0.25, -0.2) is 0 Å². The molecule has 0 aliphatic carbocycles. The smallest absolute Gasteiger partial charge is 0.244 e. The monoisotopic (exact) mass is 318 g/mol. The van der Waals surface area contributed by atoms with Crippen molar-refractivity contribution < 1.29 is 9.53 Å². The van der Waals surface area contributed by atoms with Gasteiger partial charge in [-0.1, -0.05) is 24.3 Å². The SMILES string of the molecule is COc1ccc2cc(CNC(=O)/C=C/c3cccnc3)ccc2c1. The quantitative estimate of drug-likeness (QED) is 0.732. The van der Waals surface area contributed by atoms with E-state index in [4.69, 9.17) is 4.74 Å². The van der Waals surface area contributed by atoms with E-state index in [1.165, 1.54) is 6.08 Å². The van der Waals surface area contributed by atoms with Crippen molar-refractivity contribution in [2.45, 2.75) is 6.54 Å². The summed E-state index contributed by atoms with van der Waals surface area (Å²) in [5.74, 6) is 0.706. The summed E-state index contributed by atoms with van der Waals surface area (Å²) in [6.45, 7) is 0.484. The van der Waals surface area contributed by atoms with Crippen LogP contribution in [0.25, 0.3) is 16.8 Å². The van der Waals surface area contributed by atoms with Crippen molar-refractivity contribution in [3.05, 3.63) is 78.1 Å². The van der Waals surface area contributed by atoms with Crippen LogP contribution in [-0.4, -0.2) is 18.0 Å². The summed E-state index contributed by atoms with van der Waals surface area (Å²) in [4.78, 5) is 15.9. The summed E-state index contributed by atoms with van der Waals surface area (Å²) in [5.41, 5.74) is 1.95. The minimum atomic E-state index is -0.131. The van der Waals surface area contributed by atoms with Gasteiger partial charge in [-0.2, -0.15) is 0 Å². The van der Waals surface area contributed by atoms with Crippen LogP contribution in [0, 0.1) is 0 Å². The molecule has 0 fully saturated rings. The van der Waals surface area contributed by atoms with Crippen molar-refractivity contribution in [2.24, 2.45) is 0 Å². The Morgan fingerprint density at radius 3 is 2.79 bits per heavy atom. The van der Waals surface area contributed by atoms with Gasteiger partial charge in [0.1, 0.15) is 5.75 Å². The molecular weight excluding hydrogens is 300 g/mol. The number of benzene rings is 2. The van der Waals surface area contributed by atoms with Crippen LogP contribution < -0.4 is 10.1 Å². The van der Waals surface area contributed by atoms with Crippen LogP contribution in [0.2, 0.25) is 0 Å². The molecule has 120 valence electrons. The Kier molecular flexibility index (Phi) is 4.87. The summed E-state index contributed by atoms with van der Waals surface area (Å²) in [5, 5.41) is 5.12. The highest BCUT2D eigenvalue weighted by Gasteiger charge is 2.01. The van der Waals surface area contributed by atoms with E-state index in [1.807, 2.05) is 42.5 Å². The molecule has 24 heavy (non-hydrogen) atoms. The largest absolute Gasteiger partial charge is 0.497 e. The average molecular weight is 318 g/mol. The third kappa shape index (κ3) is 3.98. The third-order valence-electron chi connectivity index (χ3n) is 3.69. The van der Waals surface area contributed by atoms with E-state index >= 15 is 0 Å². The molecule has 0 saturated carbocycles. The topological polar surface area (TPSA) is 51.2 Å². The predicted octanol–water partition coefficient (Wildman–Crippen LogP) is 3.57. The first-order chi connectivity index (χ1) is 11.7. The number of hydrogen-bond acceptors (Lipinski definition) is 3. The van der Waals surface area contributed by atoms with Crippen molar-refractivity contribution in [3.8, 4) is 5.75 Å². The molecule has 2 aromatic carbocycles. The van der Waals surface area contributed by atoms with E-state index in [0.29, 0.717) is 6.54 Å². The van der Waals surface area contributed by atoms with Gasteiger partial charge in [-0.15, -0.1) is 0 Å².